The van der Waals surface area contributed by atoms with Crippen LogP contribution >= 0.6 is 0 Å². The summed E-state index contributed by atoms with van der Waals surface area (Å²) in [6.45, 7) is -0.895. The van der Waals surface area contributed by atoms with Crippen LogP contribution in [0.2, 0.25) is 0 Å². The van der Waals surface area contributed by atoms with Gasteiger partial charge in [0.1, 0.15) is 0 Å². The summed E-state index contributed by atoms with van der Waals surface area (Å²) in [5.74, 6) is -3.41. The van der Waals surface area contributed by atoms with Crippen molar-refractivity contribution in [2.75, 3.05) is 6.54 Å². The van der Waals surface area contributed by atoms with Gasteiger partial charge in [-0.25, -0.2) is 13.1 Å². The standard InChI is InChI=1S/C12H14F3NO4S/c13-12(14,15)9(6-7-11(17)18)8-16-21(19,20)10-4-2-1-3-5-10/h1-5,9,16H,6-8H2,(H,17,18)/t9-/m0/s1. The van der Waals surface area contributed by atoms with Gasteiger partial charge in [-0.05, 0) is 18.6 Å². The Hall–Kier alpha value is -1.61. The Bertz CT molecular complexity index is 572. The largest absolute Gasteiger partial charge is 0.481 e. The summed E-state index contributed by atoms with van der Waals surface area (Å²) in [7, 11) is -4.05. The van der Waals surface area contributed by atoms with Gasteiger partial charge in [-0.1, -0.05) is 18.2 Å². The molecule has 0 bridgehead atoms. The van der Waals surface area contributed by atoms with Crippen molar-refractivity contribution >= 4 is 16.0 Å². The molecule has 9 heteroatoms. The molecule has 0 spiro atoms. The third-order valence-corrected chi connectivity index (χ3v) is 4.18. The monoisotopic (exact) mass is 325 g/mol. The van der Waals surface area contributed by atoms with E-state index in [1.807, 2.05) is 4.72 Å². The summed E-state index contributed by atoms with van der Waals surface area (Å²) in [6, 6.07) is 6.97. The van der Waals surface area contributed by atoms with Crippen molar-refractivity contribution in [2.24, 2.45) is 5.92 Å². The van der Waals surface area contributed by atoms with Crippen molar-refractivity contribution in [2.45, 2.75) is 23.9 Å². The molecule has 0 saturated heterocycles. The molecule has 0 radical (unpaired) electrons. The van der Waals surface area contributed by atoms with E-state index < -0.39 is 47.5 Å². The molecule has 1 atom stereocenters. The first-order valence-corrected chi connectivity index (χ1v) is 7.44. The number of alkyl halides is 3. The van der Waals surface area contributed by atoms with Crippen molar-refractivity contribution in [3.8, 4) is 0 Å². The van der Waals surface area contributed by atoms with Crippen LogP contribution in [0, 0.1) is 5.92 Å². The first-order valence-electron chi connectivity index (χ1n) is 5.96. The number of nitrogens with one attached hydrogen (secondary N) is 1. The van der Waals surface area contributed by atoms with E-state index in [0.717, 1.165) is 0 Å². The van der Waals surface area contributed by atoms with E-state index in [4.69, 9.17) is 5.11 Å². The molecular formula is C12H14F3NO4S. The van der Waals surface area contributed by atoms with Gasteiger partial charge in [0.15, 0.2) is 0 Å². The fourth-order valence-electron chi connectivity index (χ4n) is 1.57. The fourth-order valence-corrected chi connectivity index (χ4v) is 2.68. The molecule has 1 aromatic carbocycles. The number of aliphatic carboxylic acids is 1. The first-order chi connectivity index (χ1) is 9.63. The summed E-state index contributed by atoms with van der Waals surface area (Å²) in [6.07, 6.45) is -6.04. The molecular weight excluding hydrogens is 311 g/mol. The molecule has 118 valence electrons. The highest BCUT2D eigenvalue weighted by atomic mass is 32.2. The van der Waals surface area contributed by atoms with Crippen LogP contribution in [-0.2, 0) is 14.8 Å². The molecule has 1 aromatic rings. The molecule has 21 heavy (non-hydrogen) atoms. The van der Waals surface area contributed by atoms with E-state index in [9.17, 15) is 26.4 Å². The van der Waals surface area contributed by atoms with Crippen LogP contribution in [0.25, 0.3) is 0 Å². The number of hydrogen-bond acceptors (Lipinski definition) is 3. The molecule has 0 aromatic heterocycles. The van der Waals surface area contributed by atoms with E-state index >= 15 is 0 Å². The lowest BCUT2D eigenvalue weighted by Crippen LogP contribution is -2.36. The lowest BCUT2D eigenvalue weighted by Gasteiger charge is -2.20. The Morgan fingerprint density at radius 1 is 1.24 bits per heavy atom. The summed E-state index contributed by atoms with van der Waals surface area (Å²) in [5, 5.41) is 8.43. The summed E-state index contributed by atoms with van der Waals surface area (Å²) in [5.41, 5.74) is 0. The number of halogens is 3. The number of carboxylic acids is 1. The minimum atomic E-state index is -4.67. The lowest BCUT2D eigenvalue weighted by atomic mass is 10.0. The van der Waals surface area contributed by atoms with Crippen molar-refractivity contribution in [3.63, 3.8) is 0 Å². The van der Waals surface area contributed by atoms with E-state index in [1.165, 1.54) is 24.3 Å². The molecule has 0 amide bonds. The maximum atomic E-state index is 12.7. The van der Waals surface area contributed by atoms with Gasteiger partial charge in [0.25, 0.3) is 0 Å². The zero-order chi connectivity index (χ0) is 16.1. The van der Waals surface area contributed by atoms with Gasteiger partial charge in [0.2, 0.25) is 10.0 Å². The fraction of sp³-hybridized carbons (Fsp3) is 0.417. The quantitative estimate of drug-likeness (QED) is 0.803. The second-order valence-corrected chi connectivity index (χ2v) is 6.10. The lowest BCUT2D eigenvalue weighted by molar-refractivity contribution is -0.175. The number of hydrogen-bond donors (Lipinski definition) is 2. The minimum Gasteiger partial charge on any atom is -0.481 e. The topological polar surface area (TPSA) is 83.5 Å². The second-order valence-electron chi connectivity index (χ2n) is 4.34. The van der Waals surface area contributed by atoms with Crippen LogP contribution in [0.4, 0.5) is 13.2 Å². The maximum absolute atomic E-state index is 12.7. The third kappa shape index (κ3) is 5.72. The number of rotatable bonds is 7. The zero-order valence-electron chi connectivity index (χ0n) is 10.8. The molecule has 0 fully saturated rings. The molecule has 0 aliphatic heterocycles. The molecule has 2 N–H and O–H groups in total. The predicted octanol–water partition coefficient (Wildman–Crippen LogP) is 2.01. The molecule has 5 nitrogen and oxygen atoms in total. The SMILES string of the molecule is O=C(O)CC[C@@H](CNS(=O)(=O)c1ccccc1)C(F)(F)F. The van der Waals surface area contributed by atoms with Gasteiger partial charge >= 0.3 is 12.1 Å². The van der Waals surface area contributed by atoms with Crippen molar-refractivity contribution in [3.05, 3.63) is 30.3 Å². The van der Waals surface area contributed by atoms with Gasteiger partial charge < -0.3 is 5.11 Å². The van der Waals surface area contributed by atoms with Crippen molar-refractivity contribution in [1.82, 2.24) is 4.72 Å². The second kappa shape index (κ2) is 6.90. The van der Waals surface area contributed by atoms with E-state index in [1.54, 1.807) is 6.07 Å². The smallest absolute Gasteiger partial charge is 0.393 e. The average Bonchev–Trinajstić information content (AvgIpc) is 2.37. The predicted molar refractivity (Wildman–Crippen MR) is 68.0 cm³/mol. The van der Waals surface area contributed by atoms with Crippen LogP contribution in [0.3, 0.4) is 0 Å². The van der Waals surface area contributed by atoms with Crippen molar-refractivity contribution < 1.29 is 31.5 Å². The van der Waals surface area contributed by atoms with Gasteiger partial charge in [0.05, 0.1) is 10.8 Å². The Kier molecular flexibility index (Phi) is 5.73. The number of sulfonamides is 1. The Balaban J connectivity index is 2.75. The number of carbonyl (C=O) groups is 1. The minimum absolute atomic E-state index is 0.149. The van der Waals surface area contributed by atoms with Crippen LogP contribution in [-0.4, -0.2) is 32.2 Å². The number of carboxylic acid groups (broad SMARTS) is 1. The highest BCUT2D eigenvalue weighted by Crippen LogP contribution is 2.29. The summed E-state index contributed by atoms with van der Waals surface area (Å²) >= 11 is 0. The highest BCUT2D eigenvalue weighted by Gasteiger charge is 2.40. The number of benzene rings is 1. The van der Waals surface area contributed by atoms with Crippen molar-refractivity contribution in [1.29, 1.82) is 0 Å². The van der Waals surface area contributed by atoms with Crippen LogP contribution in [0.5, 0.6) is 0 Å². The van der Waals surface area contributed by atoms with Gasteiger partial charge in [-0.15, -0.1) is 0 Å². The maximum Gasteiger partial charge on any atom is 0.393 e. The molecule has 0 saturated carbocycles. The molecule has 0 aliphatic rings. The molecule has 0 unspecified atom stereocenters. The normalized spacial score (nSPS) is 13.9. The zero-order valence-corrected chi connectivity index (χ0v) is 11.6. The average molecular weight is 325 g/mol. The molecule has 0 aliphatic carbocycles. The summed E-state index contributed by atoms with van der Waals surface area (Å²) in [4.78, 5) is 10.2. The Labute approximate surface area is 119 Å². The summed E-state index contributed by atoms with van der Waals surface area (Å²) < 4.78 is 63.6. The molecule has 1 rings (SSSR count). The van der Waals surface area contributed by atoms with Crippen LogP contribution in [0.15, 0.2) is 35.2 Å². The van der Waals surface area contributed by atoms with E-state index in [-0.39, 0.29) is 4.90 Å². The first kappa shape index (κ1) is 17.4. The van der Waals surface area contributed by atoms with E-state index in [0.29, 0.717) is 0 Å². The van der Waals surface area contributed by atoms with E-state index in [2.05, 4.69) is 0 Å². The highest BCUT2D eigenvalue weighted by molar-refractivity contribution is 7.89. The third-order valence-electron chi connectivity index (χ3n) is 2.74. The Morgan fingerprint density at radius 2 is 1.81 bits per heavy atom. The molecule has 0 heterocycles. The van der Waals surface area contributed by atoms with Gasteiger partial charge in [-0.2, -0.15) is 13.2 Å². The van der Waals surface area contributed by atoms with Crippen LogP contribution in [0.1, 0.15) is 12.8 Å². The Morgan fingerprint density at radius 3 is 2.29 bits per heavy atom. The van der Waals surface area contributed by atoms with Gasteiger partial charge in [-0.3, -0.25) is 4.79 Å². The van der Waals surface area contributed by atoms with Gasteiger partial charge in [0, 0.05) is 13.0 Å². The van der Waals surface area contributed by atoms with Crippen LogP contribution < -0.4 is 4.72 Å².